The Labute approximate surface area is 150 Å². The quantitative estimate of drug-likeness (QED) is 0.702. The second-order valence-corrected chi connectivity index (χ2v) is 6.32. The van der Waals surface area contributed by atoms with Crippen molar-refractivity contribution < 1.29 is 4.79 Å². The molecule has 25 heavy (non-hydrogen) atoms. The molecule has 3 aromatic rings. The first-order valence-electron chi connectivity index (χ1n) is 7.96. The van der Waals surface area contributed by atoms with Crippen molar-refractivity contribution in [3.05, 3.63) is 71.0 Å². The SMILES string of the molecule is CC(=O)N1N=C(c2ccccc2Cl)CC1c1ccc2nccnc2c1. The van der Waals surface area contributed by atoms with Crippen LogP contribution in [0.25, 0.3) is 11.0 Å². The molecule has 124 valence electrons. The zero-order valence-corrected chi connectivity index (χ0v) is 14.3. The highest BCUT2D eigenvalue weighted by atomic mass is 35.5. The number of rotatable bonds is 2. The van der Waals surface area contributed by atoms with E-state index in [1.807, 2.05) is 42.5 Å². The maximum atomic E-state index is 12.1. The molecule has 1 aromatic heterocycles. The number of aromatic nitrogens is 2. The summed E-state index contributed by atoms with van der Waals surface area (Å²) in [5.74, 6) is -0.105. The standard InChI is InChI=1S/C19H15ClN4O/c1-12(25)24-19(11-17(23-24)14-4-2-3-5-15(14)20)13-6-7-16-18(10-13)22-9-8-21-16/h2-10,19H,11H2,1H3. The molecule has 5 nitrogen and oxygen atoms in total. The highest BCUT2D eigenvalue weighted by molar-refractivity contribution is 6.34. The highest BCUT2D eigenvalue weighted by Crippen LogP contribution is 2.35. The minimum Gasteiger partial charge on any atom is -0.273 e. The smallest absolute Gasteiger partial charge is 0.240 e. The van der Waals surface area contributed by atoms with Crippen LogP contribution in [0.5, 0.6) is 0 Å². The predicted molar refractivity (Wildman–Crippen MR) is 97.4 cm³/mol. The fraction of sp³-hybridized carbons (Fsp3) is 0.158. The van der Waals surface area contributed by atoms with Crippen molar-refractivity contribution in [2.45, 2.75) is 19.4 Å². The number of nitrogens with zero attached hydrogens (tertiary/aromatic N) is 4. The normalized spacial score (nSPS) is 17.0. The van der Waals surface area contributed by atoms with Crippen molar-refractivity contribution in [3.8, 4) is 0 Å². The van der Waals surface area contributed by atoms with Gasteiger partial charge in [-0.15, -0.1) is 0 Å². The summed E-state index contributed by atoms with van der Waals surface area (Å²) >= 11 is 6.30. The van der Waals surface area contributed by atoms with Gasteiger partial charge in [0.15, 0.2) is 0 Å². The lowest BCUT2D eigenvalue weighted by atomic mass is 9.98. The van der Waals surface area contributed by atoms with Crippen LogP contribution in [-0.4, -0.2) is 26.6 Å². The number of halogens is 1. The van der Waals surface area contributed by atoms with E-state index in [-0.39, 0.29) is 11.9 Å². The number of hydrogen-bond acceptors (Lipinski definition) is 4. The molecule has 1 aliphatic rings. The molecule has 0 saturated heterocycles. The van der Waals surface area contributed by atoms with Crippen molar-refractivity contribution in [3.63, 3.8) is 0 Å². The van der Waals surface area contributed by atoms with Gasteiger partial charge in [0.05, 0.1) is 22.8 Å². The van der Waals surface area contributed by atoms with Crippen LogP contribution in [-0.2, 0) is 4.79 Å². The summed E-state index contributed by atoms with van der Waals surface area (Å²) in [5.41, 5.74) is 4.28. The number of carbonyl (C=O) groups is 1. The Morgan fingerprint density at radius 3 is 2.64 bits per heavy atom. The topological polar surface area (TPSA) is 58.5 Å². The van der Waals surface area contributed by atoms with E-state index >= 15 is 0 Å². The average Bonchev–Trinajstić information content (AvgIpc) is 3.07. The average molecular weight is 351 g/mol. The van der Waals surface area contributed by atoms with E-state index in [0.29, 0.717) is 11.4 Å². The molecule has 0 fully saturated rings. The Kier molecular flexibility index (Phi) is 3.93. The molecule has 1 aliphatic heterocycles. The van der Waals surface area contributed by atoms with Gasteiger partial charge in [-0.3, -0.25) is 14.8 Å². The van der Waals surface area contributed by atoms with Gasteiger partial charge >= 0.3 is 0 Å². The van der Waals surface area contributed by atoms with Crippen molar-refractivity contribution in [1.29, 1.82) is 0 Å². The Morgan fingerprint density at radius 2 is 1.88 bits per heavy atom. The second kappa shape index (κ2) is 6.26. The largest absolute Gasteiger partial charge is 0.273 e. The molecule has 0 aliphatic carbocycles. The van der Waals surface area contributed by atoms with Gasteiger partial charge < -0.3 is 0 Å². The first-order valence-corrected chi connectivity index (χ1v) is 8.34. The van der Waals surface area contributed by atoms with Crippen LogP contribution in [0.1, 0.15) is 30.5 Å². The minimum atomic E-state index is -0.171. The summed E-state index contributed by atoms with van der Waals surface area (Å²) in [6, 6.07) is 13.2. The van der Waals surface area contributed by atoms with Crippen molar-refractivity contribution >= 4 is 34.3 Å². The van der Waals surface area contributed by atoms with Crippen molar-refractivity contribution in [2.24, 2.45) is 5.10 Å². The molecule has 1 amide bonds. The number of hydrazone groups is 1. The van der Waals surface area contributed by atoms with E-state index in [9.17, 15) is 4.79 Å². The predicted octanol–water partition coefficient (Wildman–Crippen LogP) is 3.98. The molecule has 2 aromatic carbocycles. The number of fused-ring (bicyclic) bond motifs is 1. The third-order valence-electron chi connectivity index (χ3n) is 4.30. The molecule has 4 rings (SSSR count). The summed E-state index contributed by atoms with van der Waals surface area (Å²) in [7, 11) is 0. The molecule has 0 bridgehead atoms. The third-order valence-corrected chi connectivity index (χ3v) is 4.63. The summed E-state index contributed by atoms with van der Waals surface area (Å²) in [6.07, 6.45) is 3.93. The molecule has 0 saturated carbocycles. The maximum Gasteiger partial charge on any atom is 0.240 e. The van der Waals surface area contributed by atoms with Crippen LogP contribution in [0.15, 0.2) is 60.0 Å². The summed E-state index contributed by atoms with van der Waals surface area (Å²) < 4.78 is 0. The lowest BCUT2D eigenvalue weighted by molar-refractivity contribution is -0.130. The number of amides is 1. The molecule has 0 spiro atoms. The van der Waals surface area contributed by atoms with E-state index in [2.05, 4.69) is 15.1 Å². The molecule has 0 N–H and O–H groups in total. The molecule has 2 heterocycles. The van der Waals surface area contributed by atoms with E-state index in [0.717, 1.165) is 27.9 Å². The summed E-state index contributed by atoms with van der Waals surface area (Å²) in [5, 5.41) is 6.69. The number of hydrogen-bond donors (Lipinski definition) is 0. The van der Waals surface area contributed by atoms with Gasteiger partial charge in [0, 0.05) is 36.3 Å². The van der Waals surface area contributed by atoms with Crippen LogP contribution >= 0.6 is 11.6 Å². The molecular weight excluding hydrogens is 336 g/mol. The van der Waals surface area contributed by atoms with Crippen LogP contribution in [0, 0.1) is 0 Å². The summed E-state index contributed by atoms with van der Waals surface area (Å²) in [6.45, 7) is 1.52. The minimum absolute atomic E-state index is 0.105. The van der Waals surface area contributed by atoms with Gasteiger partial charge in [-0.25, -0.2) is 5.01 Å². The van der Waals surface area contributed by atoms with E-state index in [1.54, 1.807) is 12.4 Å². The Bertz CT molecular complexity index is 1000. The monoisotopic (exact) mass is 350 g/mol. The van der Waals surface area contributed by atoms with Crippen LogP contribution in [0.4, 0.5) is 0 Å². The molecule has 1 atom stereocenters. The van der Waals surface area contributed by atoms with Gasteiger partial charge in [-0.05, 0) is 23.8 Å². The van der Waals surface area contributed by atoms with Gasteiger partial charge in [0.1, 0.15) is 0 Å². The van der Waals surface area contributed by atoms with Gasteiger partial charge in [0.25, 0.3) is 0 Å². The Balaban J connectivity index is 1.74. The lowest BCUT2D eigenvalue weighted by Crippen LogP contribution is -2.24. The van der Waals surface area contributed by atoms with Gasteiger partial charge in [-0.1, -0.05) is 35.9 Å². The lowest BCUT2D eigenvalue weighted by Gasteiger charge is -2.20. The van der Waals surface area contributed by atoms with Crippen LogP contribution in [0.3, 0.4) is 0 Å². The fourth-order valence-electron chi connectivity index (χ4n) is 3.11. The van der Waals surface area contributed by atoms with Gasteiger partial charge in [0.2, 0.25) is 5.91 Å². The molecule has 6 heteroatoms. The number of carbonyl (C=O) groups excluding carboxylic acids is 1. The first-order chi connectivity index (χ1) is 12.1. The molecule has 0 radical (unpaired) electrons. The number of benzene rings is 2. The van der Waals surface area contributed by atoms with Crippen molar-refractivity contribution in [1.82, 2.24) is 15.0 Å². The zero-order valence-electron chi connectivity index (χ0n) is 13.6. The zero-order chi connectivity index (χ0) is 17.4. The fourth-order valence-corrected chi connectivity index (χ4v) is 3.35. The van der Waals surface area contributed by atoms with E-state index in [4.69, 9.17) is 11.6 Å². The molecule has 1 unspecified atom stereocenters. The maximum absolute atomic E-state index is 12.1. The summed E-state index contributed by atoms with van der Waals surface area (Å²) in [4.78, 5) is 20.8. The second-order valence-electron chi connectivity index (χ2n) is 5.91. The Morgan fingerprint density at radius 1 is 1.12 bits per heavy atom. The highest BCUT2D eigenvalue weighted by Gasteiger charge is 2.32. The Hall–Kier alpha value is -2.79. The van der Waals surface area contributed by atoms with E-state index in [1.165, 1.54) is 11.9 Å². The van der Waals surface area contributed by atoms with Crippen LogP contribution < -0.4 is 0 Å². The van der Waals surface area contributed by atoms with Crippen molar-refractivity contribution in [2.75, 3.05) is 0 Å². The van der Waals surface area contributed by atoms with Gasteiger partial charge in [-0.2, -0.15) is 5.10 Å². The molecular formula is C19H15ClN4O. The first kappa shape index (κ1) is 15.7. The third kappa shape index (κ3) is 2.87. The van der Waals surface area contributed by atoms with E-state index < -0.39 is 0 Å². The van der Waals surface area contributed by atoms with Crippen LogP contribution in [0.2, 0.25) is 5.02 Å².